The molecule has 0 saturated heterocycles. The topological polar surface area (TPSA) is 54.0 Å². The molecule has 0 spiro atoms. The Hall–Kier alpha value is -1.32. The van der Waals surface area contributed by atoms with E-state index >= 15 is 0 Å². The van der Waals surface area contributed by atoms with Gasteiger partial charge in [-0.2, -0.15) is 5.26 Å². The van der Waals surface area contributed by atoms with Gasteiger partial charge in [0, 0.05) is 9.13 Å². The van der Waals surface area contributed by atoms with Crippen molar-refractivity contribution in [1.82, 2.24) is 0 Å². The van der Waals surface area contributed by atoms with Crippen LogP contribution in [0.25, 0.3) is 11.3 Å². The molecule has 3 nitrogen and oxygen atoms in total. The first-order valence-corrected chi connectivity index (χ1v) is 6.06. The number of nitriles is 1. The van der Waals surface area contributed by atoms with Gasteiger partial charge in [0.25, 0.3) is 0 Å². The molecule has 0 radical (unpaired) electrons. The number of rotatable bonds is 2. The maximum atomic E-state index is 10.5. The first-order valence-electron chi connectivity index (χ1n) is 4.60. The number of carbonyl (C=O) groups is 1. The number of benzene rings is 1. The predicted octanol–water partition coefficient (Wildman–Crippen LogP) is 3.89. The number of furan rings is 1. The van der Waals surface area contributed by atoms with Gasteiger partial charge >= 0.3 is 0 Å². The highest BCUT2D eigenvalue weighted by molar-refractivity contribution is 14.1. The Balaban J connectivity index is 2.60. The molecule has 0 saturated carbocycles. The molecule has 17 heavy (non-hydrogen) atoms. The van der Waals surface area contributed by atoms with E-state index < -0.39 is 0 Å². The minimum absolute atomic E-state index is 0.247. The van der Waals surface area contributed by atoms with Crippen molar-refractivity contribution in [3.05, 3.63) is 44.2 Å². The summed E-state index contributed by atoms with van der Waals surface area (Å²) in [5.41, 5.74) is 1.18. The van der Waals surface area contributed by atoms with Crippen molar-refractivity contribution in [1.29, 1.82) is 5.26 Å². The van der Waals surface area contributed by atoms with Gasteiger partial charge in [-0.15, -0.1) is 0 Å². The molecule has 0 unspecified atom stereocenters. The summed E-state index contributed by atoms with van der Waals surface area (Å²) in [6.45, 7) is 0. The molecule has 1 heterocycles. The van der Waals surface area contributed by atoms with Gasteiger partial charge in [-0.3, -0.25) is 4.79 Å². The first kappa shape index (κ1) is 12.1. The second kappa shape index (κ2) is 4.90. The van der Waals surface area contributed by atoms with E-state index in [9.17, 15) is 4.79 Å². The van der Waals surface area contributed by atoms with Crippen LogP contribution in [0.2, 0.25) is 5.02 Å². The minimum atomic E-state index is 0.247. The molecule has 5 heteroatoms. The second-order valence-corrected chi connectivity index (χ2v) is 4.82. The predicted molar refractivity (Wildman–Crippen MR) is 72.0 cm³/mol. The van der Waals surface area contributed by atoms with E-state index in [1.807, 2.05) is 6.07 Å². The third-order valence-corrected chi connectivity index (χ3v) is 3.31. The molecule has 2 aromatic rings. The van der Waals surface area contributed by atoms with Gasteiger partial charge in [0.05, 0.1) is 16.7 Å². The summed E-state index contributed by atoms with van der Waals surface area (Å²) in [6.07, 6.45) is 0.633. The van der Waals surface area contributed by atoms with E-state index in [2.05, 4.69) is 22.6 Å². The van der Waals surface area contributed by atoms with Crippen LogP contribution in [-0.2, 0) is 0 Å². The van der Waals surface area contributed by atoms with Gasteiger partial charge in [-0.25, -0.2) is 0 Å². The lowest BCUT2D eigenvalue weighted by atomic mass is 10.1. The van der Waals surface area contributed by atoms with Crippen molar-refractivity contribution in [2.45, 2.75) is 0 Å². The SMILES string of the molecule is N#Cc1cc(Cl)c(-c2ccc(C=O)o2)c(I)c1. The zero-order chi connectivity index (χ0) is 12.4. The Morgan fingerprint density at radius 1 is 1.41 bits per heavy atom. The molecule has 1 aromatic carbocycles. The standard InChI is InChI=1S/C12H5ClINO2/c13-9-3-7(5-15)4-10(14)12(9)11-2-1-8(6-16)17-11/h1-4,6H. The smallest absolute Gasteiger partial charge is 0.185 e. The highest BCUT2D eigenvalue weighted by Crippen LogP contribution is 2.34. The van der Waals surface area contributed by atoms with Crippen molar-refractivity contribution in [3.8, 4) is 17.4 Å². The molecule has 0 N–H and O–H groups in total. The Labute approximate surface area is 116 Å². The van der Waals surface area contributed by atoms with Gasteiger partial charge in [0.15, 0.2) is 12.0 Å². The van der Waals surface area contributed by atoms with Crippen LogP contribution in [0.1, 0.15) is 16.1 Å². The summed E-state index contributed by atoms with van der Waals surface area (Å²) in [4.78, 5) is 10.5. The van der Waals surface area contributed by atoms with E-state index in [1.54, 1.807) is 24.3 Å². The van der Waals surface area contributed by atoms with Crippen LogP contribution >= 0.6 is 34.2 Å². The molecule has 0 aliphatic heterocycles. The van der Waals surface area contributed by atoms with E-state index in [4.69, 9.17) is 21.3 Å². The molecule has 0 amide bonds. The van der Waals surface area contributed by atoms with Crippen LogP contribution in [0.4, 0.5) is 0 Å². The molecule has 0 fully saturated rings. The fourth-order valence-corrected chi connectivity index (χ4v) is 2.79. The lowest BCUT2D eigenvalue weighted by molar-refractivity contribution is 0.110. The minimum Gasteiger partial charge on any atom is -0.453 e. The number of hydrogen-bond acceptors (Lipinski definition) is 3. The summed E-state index contributed by atoms with van der Waals surface area (Å²) >= 11 is 8.17. The van der Waals surface area contributed by atoms with E-state index in [1.165, 1.54) is 0 Å². The molecule has 0 bridgehead atoms. The third kappa shape index (κ3) is 2.35. The largest absolute Gasteiger partial charge is 0.453 e. The van der Waals surface area contributed by atoms with Crippen molar-refractivity contribution < 1.29 is 9.21 Å². The van der Waals surface area contributed by atoms with Gasteiger partial charge in [0.2, 0.25) is 0 Å². The van der Waals surface area contributed by atoms with E-state index in [0.29, 0.717) is 28.2 Å². The van der Waals surface area contributed by atoms with Gasteiger partial charge < -0.3 is 4.42 Å². The molecular weight excluding hydrogens is 352 g/mol. The number of nitrogens with zero attached hydrogens (tertiary/aromatic N) is 1. The van der Waals surface area contributed by atoms with Gasteiger partial charge in [0.1, 0.15) is 5.76 Å². The van der Waals surface area contributed by atoms with Crippen molar-refractivity contribution >= 4 is 40.5 Å². The molecule has 2 rings (SSSR count). The molecular formula is C12H5ClINO2. The van der Waals surface area contributed by atoms with E-state index in [-0.39, 0.29) is 5.76 Å². The summed E-state index contributed by atoms with van der Waals surface area (Å²) < 4.78 is 6.12. The van der Waals surface area contributed by atoms with Crippen LogP contribution in [0.15, 0.2) is 28.7 Å². The van der Waals surface area contributed by atoms with Crippen LogP contribution < -0.4 is 0 Å². The number of halogens is 2. The average molecular weight is 358 g/mol. The summed E-state index contributed by atoms with van der Waals surface area (Å²) in [7, 11) is 0. The zero-order valence-electron chi connectivity index (χ0n) is 8.41. The number of hydrogen-bond donors (Lipinski definition) is 0. The lowest BCUT2D eigenvalue weighted by Gasteiger charge is -2.04. The fourth-order valence-electron chi connectivity index (χ4n) is 1.42. The normalized spacial score (nSPS) is 9.94. The Morgan fingerprint density at radius 2 is 2.18 bits per heavy atom. The molecule has 0 aliphatic carbocycles. The summed E-state index contributed by atoms with van der Waals surface area (Å²) in [5, 5.41) is 9.24. The quantitative estimate of drug-likeness (QED) is 0.605. The lowest BCUT2D eigenvalue weighted by Crippen LogP contribution is -1.86. The van der Waals surface area contributed by atoms with Gasteiger partial charge in [-0.05, 0) is 46.9 Å². The molecule has 84 valence electrons. The van der Waals surface area contributed by atoms with Crippen LogP contribution in [0, 0.1) is 14.9 Å². The highest BCUT2D eigenvalue weighted by atomic mass is 127. The first-order chi connectivity index (χ1) is 8.15. The number of aldehydes is 1. The zero-order valence-corrected chi connectivity index (χ0v) is 11.3. The Kier molecular flexibility index (Phi) is 3.50. The van der Waals surface area contributed by atoms with Crippen molar-refractivity contribution in [2.24, 2.45) is 0 Å². The molecule has 0 aliphatic rings. The highest BCUT2D eigenvalue weighted by Gasteiger charge is 2.13. The summed E-state index contributed by atoms with van der Waals surface area (Å²) in [6, 6.07) is 8.57. The van der Waals surface area contributed by atoms with Gasteiger partial charge in [-0.1, -0.05) is 11.6 Å². The fraction of sp³-hybridized carbons (Fsp3) is 0. The van der Waals surface area contributed by atoms with Crippen LogP contribution in [0.5, 0.6) is 0 Å². The van der Waals surface area contributed by atoms with Crippen LogP contribution in [0.3, 0.4) is 0 Å². The van der Waals surface area contributed by atoms with E-state index in [0.717, 1.165) is 3.57 Å². The number of carbonyl (C=O) groups excluding carboxylic acids is 1. The average Bonchev–Trinajstić information content (AvgIpc) is 2.76. The summed E-state index contributed by atoms with van der Waals surface area (Å²) in [5.74, 6) is 0.766. The third-order valence-electron chi connectivity index (χ3n) is 2.16. The van der Waals surface area contributed by atoms with Crippen molar-refractivity contribution in [3.63, 3.8) is 0 Å². The monoisotopic (exact) mass is 357 g/mol. The molecule has 0 atom stereocenters. The maximum Gasteiger partial charge on any atom is 0.185 e. The molecule has 1 aromatic heterocycles. The second-order valence-electron chi connectivity index (χ2n) is 3.25. The maximum absolute atomic E-state index is 10.5. The Morgan fingerprint density at radius 3 is 2.71 bits per heavy atom. The Bertz CT molecular complexity index is 605. The van der Waals surface area contributed by atoms with Crippen molar-refractivity contribution in [2.75, 3.05) is 0 Å². The van der Waals surface area contributed by atoms with Crippen LogP contribution in [-0.4, -0.2) is 6.29 Å².